The van der Waals surface area contributed by atoms with E-state index in [0.29, 0.717) is 13.1 Å². The second kappa shape index (κ2) is 6.65. The maximum atomic E-state index is 12.4. The van der Waals surface area contributed by atoms with Crippen LogP contribution in [0.4, 0.5) is 0 Å². The third-order valence-electron chi connectivity index (χ3n) is 3.39. The van der Waals surface area contributed by atoms with Gasteiger partial charge in [0.2, 0.25) is 12.1 Å². The highest BCUT2D eigenvalue weighted by atomic mass is 16.7. The normalized spacial score (nSPS) is 13.0. The topological polar surface area (TPSA) is 55.8 Å². The van der Waals surface area contributed by atoms with Crippen molar-refractivity contribution in [2.75, 3.05) is 34.4 Å². The summed E-state index contributed by atoms with van der Waals surface area (Å²) in [7, 11) is 5.16. The number of ether oxygens (including phenoxy) is 2. The van der Waals surface area contributed by atoms with Crippen LogP contribution in [0, 0.1) is 0 Å². The Morgan fingerprint density at radius 1 is 1.30 bits per heavy atom. The first-order chi connectivity index (χ1) is 9.65. The fourth-order valence-electron chi connectivity index (χ4n) is 2.29. The van der Waals surface area contributed by atoms with Crippen LogP contribution in [-0.4, -0.2) is 51.4 Å². The van der Waals surface area contributed by atoms with Gasteiger partial charge in [0.15, 0.2) is 0 Å². The van der Waals surface area contributed by atoms with Crippen molar-refractivity contribution in [1.29, 1.82) is 0 Å². The number of para-hydroxylation sites is 1. The Hall–Kier alpha value is -1.69. The lowest BCUT2D eigenvalue weighted by Crippen LogP contribution is -3.11. The zero-order valence-corrected chi connectivity index (χ0v) is 12.1. The Morgan fingerprint density at radius 2 is 2.00 bits per heavy atom. The summed E-state index contributed by atoms with van der Waals surface area (Å²) in [6.45, 7) is 1.03. The number of Topliss-reactive ketones (excluding diaryl/α,β-unsaturated/α-hetero) is 1. The molecule has 1 aromatic carbocycles. The lowest BCUT2D eigenvalue weighted by Gasteiger charge is -2.18. The number of carbonyl (C=O) groups is 1. The van der Waals surface area contributed by atoms with E-state index in [1.807, 2.05) is 31.3 Å². The van der Waals surface area contributed by atoms with E-state index in [2.05, 4.69) is 4.98 Å². The zero-order valence-electron chi connectivity index (χ0n) is 12.1. The monoisotopic (exact) mass is 277 g/mol. The van der Waals surface area contributed by atoms with Crippen molar-refractivity contribution in [3.63, 3.8) is 0 Å². The molecule has 5 nitrogen and oxygen atoms in total. The van der Waals surface area contributed by atoms with Gasteiger partial charge in [-0.2, -0.15) is 0 Å². The van der Waals surface area contributed by atoms with Gasteiger partial charge < -0.3 is 19.4 Å². The molecule has 20 heavy (non-hydrogen) atoms. The molecule has 0 fully saturated rings. The smallest absolute Gasteiger partial charge is 0.218 e. The zero-order chi connectivity index (χ0) is 14.5. The summed E-state index contributed by atoms with van der Waals surface area (Å²) >= 11 is 0. The summed E-state index contributed by atoms with van der Waals surface area (Å²) in [4.78, 5) is 16.5. The predicted molar refractivity (Wildman–Crippen MR) is 77.1 cm³/mol. The van der Waals surface area contributed by atoms with Crippen LogP contribution in [0.1, 0.15) is 10.4 Å². The lowest BCUT2D eigenvalue weighted by atomic mass is 10.1. The van der Waals surface area contributed by atoms with E-state index in [-0.39, 0.29) is 12.1 Å². The molecule has 0 saturated carbocycles. The van der Waals surface area contributed by atoms with Gasteiger partial charge in [0.25, 0.3) is 0 Å². The second-order valence-corrected chi connectivity index (χ2v) is 4.91. The molecule has 0 aliphatic rings. The first-order valence-corrected chi connectivity index (χ1v) is 6.62. The molecular weight excluding hydrogens is 256 g/mol. The fraction of sp³-hybridized carbons (Fsp3) is 0.400. The number of hydrogen-bond donors (Lipinski definition) is 2. The van der Waals surface area contributed by atoms with Gasteiger partial charge in [-0.05, 0) is 6.07 Å². The Bertz CT molecular complexity index is 575. The van der Waals surface area contributed by atoms with Crippen molar-refractivity contribution in [1.82, 2.24) is 4.98 Å². The van der Waals surface area contributed by atoms with E-state index >= 15 is 0 Å². The fourth-order valence-corrected chi connectivity index (χ4v) is 2.29. The minimum absolute atomic E-state index is 0.117. The number of aromatic nitrogens is 1. The quantitative estimate of drug-likeness (QED) is 0.572. The largest absolute Gasteiger partial charge is 0.360 e. The Labute approximate surface area is 118 Å². The van der Waals surface area contributed by atoms with Crippen molar-refractivity contribution in [3.05, 3.63) is 36.0 Å². The molecule has 2 aromatic rings. The number of benzene rings is 1. The summed E-state index contributed by atoms with van der Waals surface area (Å²) in [6, 6.07) is 7.82. The van der Waals surface area contributed by atoms with Gasteiger partial charge in [-0.15, -0.1) is 0 Å². The lowest BCUT2D eigenvalue weighted by molar-refractivity contribution is -0.877. The molecule has 1 unspecified atom stereocenters. The molecule has 1 aromatic heterocycles. The summed E-state index contributed by atoms with van der Waals surface area (Å²) in [6.07, 6.45) is 1.50. The number of quaternary nitrogens is 1. The van der Waals surface area contributed by atoms with E-state index in [4.69, 9.17) is 9.47 Å². The number of ketones is 1. The van der Waals surface area contributed by atoms with Crippen molar-refractivity contribution in [2.45, 2.75) is 6.29 Å². The molecule has 0 saturated heterocycles. The Kier molecular flexibility index (Phi) is 4.89. The molecule has 0 bridgehead atoms. The highest BCUT2D eigenvalue weighted by molar-refractivity contribution is 6.08. The number of rotatable bonds is 7. The number of likely N-dealkylation sites (N-methyl/N-ethyl adjacent to an activating group) is 1. The number of aromatic amines is 1. The van der Waals surface area contributed by atoms with Crippen LogP contribution in [0.15, 0.2) is 30.5 Å². The SMILES string of the molecule is COC(C[NH+](C)CC(=O)c1c[nH]c2ccccc12)OC. The second-order valence-electron chi connectivity index (χ2n) is 4.91. The van der Waals surface area contributed by atoms with Gasteiger partial charge in [0.1, 0.15) is 13.1 Å². The number of carbonyl (C=O) groups excluding carboxylic acids is 1. The highest BCUT2D eigenvalue weighted by Crippen LogP contribution is 2.17. The molecule has 0 amide bonds. The van der Waals surface area contributed by atoms with Crippen LogP contribution in [0.25, 0.3) is 10.9 Å². The van der Waals surface area contributed by atoms with Crippen molar-refractivity contribution >= 4 is 16.7 Å². The first kappa shape index (κ1) is 14.7. The van der Waals surface area contributed by atoms with Crippen molar-refractivity contribution < 1.29 is 19.2 Å². The van der Waals surface area contributed by atoms with Crippen LogP contribution in [0.2, 0.25) is 0 Å². The van der Waals surface area contributed by atoms with Gasteiger partial charge in [0.05, 0.1) is 7.05 Å². The average Bonchev–Trinajstić information content (AvgIpc) is 2.88. The van der Waals surface area contributed by atoms with Crippen LogP contribution in [-0.2, 0) is 9.47 Å². The van der Waals surface area contributed by atoms with Gasteiger partial charge in [-0.3, -0.25) is 4.79 Å². The van der Waals surface area contributed by atoms with Crippen LogP contribution >= 0.6 is 0 Å². The summed E-state index contributed by atoms with van der Waals surface area (Å²) < 4.78 is 10.3. The van der Waals surface area contributed by atoms with Gasteiger partial charge in [0, 0.05) is 36.9 Å². The molecule has 0 spiro atoms. The van der Waals surface area contributed by atoms with E-state index in [1.54, 1.807) is 20.4 Å². The molecule has 0 aliphatic heterocycles. The molecule has 5 heteroatoms. The van der Waals surface area contributed by atoms with Crippen LogP contribution < -0.4 is 4.90 Å². The minimum atomic E-state index is -0.286. The highest BCUT2D eigenvalue weighted by Gasteiger charge is 2.19. The number of nitrogens with one attached hydrogen (secondary N) is 2. The third kappa shape index (κ3) is 3.25. The molecule has 1 atom stereocenters. The maximum absolute atomic E-state index is 12.4. The minimum Gasteiger partial charge on any atom is -0.360 e. The molecule has 2 N–H and O–H groups in total. The molecule has 108 valence electrons. The van der Waals surface area contributed by atoms with Crippen LogP contribution in [0.5, 0.6) is 0 Å². The van der Waals surface area contributed by atoms with E-state index in [1.165, 1.54) is 0 Å². The predicted octanol–water partition coefficient (Wildman–Crippen LogP) is 0.484. The van der Waals surface area contributed by atoms with E-state index < -0.39 is 0 Å². The summed E-state index contributed by atoms with van der Waals surface area (Å²) in [5, 5.41) is 0.973. The molecule has 1 heterocycles. The number of methoxy groups -OCH3 is 2. The van der Waals surface area contributed by atoms with Crippen molar-refractivity contribution in [2.24, 2.45) is 0 Å². The molecule has 0 aliphatic carbocycles. The number of H-pyrrole nitrogens is 1. The molecule has 0 radical (unpaired) electrons. The van der Waals surface area contributed by atoms with E-state index in [0.717, 1.165) is 21.4 Å². The summed E-state index contributed by atoms with van der Waals surface area (Å²) in [5.74, 6) is 0.117. The van der Waals surface area contributed by atoms with Gasteiger partial charge >= 0.3 is 0 Å². The standard InChI is InChI=1S/C15H20N2O3/c1-17(10-15(19-2)20-3)9-14(18)12-8-16-13-7-5-4-6-11(12)13/h4-8,15-16H,9-10H2,1-3H3/p+1. The number of fused-ring (bicyclic) bond motifs is 1. The van der Waals surface area contributed by atoms with E-state index in [9.17, 15) is 4.79 Å². The molecular formula is C15H21N2O3+. The van der Waals surface area contributed by atoms with Crippen molar-refractivity contribution in [3.8, 4) is 0 Å². The Balaban J connectivity index is 2.05. The number of hydrogen-bond acceptors (Lipinski definition) is 3. The average molecular weight is 277 g/mol. The maximum Gasteiger partial charge on any atom is 0.218 e. The summed E-state index contributed by atoms with van der Waals surface area (Å²) in [5.41, 5.74) is 1.73. The Morgan fingerprint density at radius 3 is 2.70 bits per heavy atom. The van der Waals surface area contributed by atoms with Crippen LogP contribution in [0.3, 0.4) is 0 Å². The first-order valence-electron chi connectivity index (χ1n) is 6.62. The van der Waals surface area contributed by atoms with Gasteiger partial charge in [-0.1, -0.05) is 18.2 Å². The van der Waals surface area contributed by atoms with Gasteiger partial charge in [-0.25, -0.2) is 0 Å². The third-order valence-corrected chi connectivity index (χ3v) is 3.39. The molecule has 2 rings (SSSR count).